The van der Waals surface area contributed by atoms with Crippen LogP contribution in [-0.4, -0.2) is 65.4 Å². The first-order chi connectivity index (χ1) is 15.6. The molecule has 5 aliphatic rings. The molecule has 33 heavy (non-hydrogen) atoms. The molecule has 4 bridgehead atoms. The standard InChI is InChI=1S/C25H34FN3O4/c1-24(2,29-9-7-28(8-10-29)20-5-3-19(26)4-6-20)22(30)27-21-17-11-16-12-18(21)15-25(13-16,14-17)33-23(31)32/h3-6,16-18,21H,7-15H2,1-2H3,(H,27,30)(H,31,32). The second-order valence-corrected chi connectivity index (χ2v) is 11.0. The van der Waals surface area contributed by atoms with Crippen LogP contribution >= 0.6 is 0 Å². The number of carbonyl (C=O) groups is 2. The molecule has 2 unspecified atom stereocenters. The molecular weight excluding hydrogens is 425 g/mol. The predicted molar refractivity (Wildman–Crippen MR) is 122 cm³/mol. The monoisotopic (exact) mass is 459 g/mol. The maximum absolute atomic E-state index is 13.5. The van der Waals surface area contributed by atoms with E-state index < -0.39 is 17.3 Å². The molecule has 6 rings (SSSR count). The van der Waals surface area contributed by atoms with Crippen molar-refractivity contribution in [1.82, 2.24) is 10.2 Å². The molecule has 1 aromatic carbocycles. The third kappa shape index (κ3) is 4.18. The highest BCUT2D eigenvalue weighted by atomic mass is 19.1. The van der Waals surface area contributed by atoms with Gasteiger partial charge in [-0.2, -0.15) is 0 Å². The van der Waals surface area contributed by atoms with Crippen LogP contribution in [0.15, 0.2) is 24.3 Å². The molecule has 2 atom stereocenters. The quantitative estimate of drug-likeness (QED) is 0.656. The summed E-state index contributed by atoms with van der Waals surface area (Å²) in [5.41, 5.74) is -0.182. The number of rotatable bonds is 5. The third-order valence-electron chi connectivity index (χ3n) is 8.64. The molecule has 0 aromatic heterocycles. The summed E-state index contributed by atoms with van der Waals surface area (Å²) in [5.74, 6) is 0.878. The van der Waals surface area contributed by atoms with Crippen LogP contribution in [0.3, 0.4) is 0 Å². The SMILES string of the molecule is CC(C)(C(=O)NC1C2CC3CC1CC(OC(=O)O)(C3)C2)N1CCN(c2ccc(F)cc2)CC1. The molecule has 7 nitrogen and oxygen atoms in total. The van der Waals surface area contributed by atoms with E-state index in [1.807, 2.05) is 13.8 Å². The molecular formula is C25H34FN3O4. The van der Waals surface area contributed by atoms with E-state index in [4.69, 9.17) is 4.74 Å². The first-order valence-electron chi connectivity index (χ1n) is 12.1. The number of nitrogens with zero attached hydrogens (tertiary/aromatic N) is 2. The van der Waals surface area contributed by atoms with Gasteiger partial charge in [-0.3, -0.25) is 9.69 Å². The van der Waals surface area contributed by atoms with Crippen LogP contribution in [0, 0.1) is 23.6 Å². The van der Waals surface area contributed by atoms with E-state index in [9.17, 15) is 19.1 Å². The number of hydrogen-bond donors (Lipinski definition) is 2. The first kappa shape index (κ1) is 22.4. The number of hydrogen-bond acceptors (Lipinski definition) is 5. The lowest BCUT2D eigenvalue weighted by Gasteiger charge is -2.59. The maximum Gasteiger partial charge on any atom is 0.506 e. The van der Waals surface area contributed by atoms with Crippen molar-refractivity contribution in [1.29, 1.82) is 0 Å². The number of piperazine rings is 1. The number of anilines is 1. The van der Waals surface area contributed by atoms with Crippen LogP contribution in [0.2, 0.25) is 0 Å². The predicted octanol–water partition coefficient (Wildman–Crippen LogP) is 3.48. The zero-order valence-electron chi connectivity index (χ0n) is 19.4. The maximum atomic E-state index is 13.5. The van der Waals surface area contributed by atoms with Gasteiger partial charge in [0.1, 0.15) is 11.4 Å². The molecule has 0 spiro atoms. The minimum absolute atomic E-state index is 0.0448. The van der Waals surface area contributed by atoms with Crippen molar-refractivity contribution < 1.29 is 23.8 Å². The summed E-state index contributed by atoms with van der Waals surface area (Å²) in [7, 11) is 0. The molecule has 8 heteroatoms. The Morgan fingerprint density at radius 1 is 1.06 bits per heavy atom. The Morgan fingerprint density at radius 2 is 1.67 bits per heavy atom. The molecule has 4 aliphatic carbocycles. The molecule has 1 aromatic rings. The Kier molecular flexibility index (Phi) is 5.54. The number of amides is 1. The van der Waals surface area contributed by atoms with E-state index in [1.54, 1.807) is 12.1 Å². The van der Waals surface area contributed by atoms with Gasteiger partial charge in [-0.05, 0) is 88.0 Å². The van der Waals surface area contributed by atoms with Crippen molar-refractivity contribution in [3.8, 4) is 0 Å². The second-order valence-electron chi connectivity index (χ2n) is 11.0. The van der Waals surface area contributed by atoms with Crippen molar-refractivity contribution in [3.05, 3.63) is 30.1 Å². The van der Waals surface area contributed by atoms with E-state index in [1.165, 1.54) is 12.1 Å². The fourth-order valence-electron chi connectivity index (χ4n) is 7.14. The van der Waals surface area contributed by atoms with Gasteiger partial charge < -0.3 is 20.1 Å². The second kappa shape index (κ2) is 8.15. The minimum atomic E-state index is -1.18. The molecule has 0 radical (unpaired) electrons. The highest BCUT2D eigenvalue weighted by Gasteiger charge is 2.58. The molecule has 2 N–H and O–H groups in total. The summed E-state index contributed by atoms with van der Waals surface area (Å²) in [6, 6.07) is 6.66. The van der Waals surface area contributed by atoms with Gasteiger partial charge in [0.25, 0.3) is 0 Å². The van der Waals surface area contributed by atoms with Gasteiger partial charge in [0.2, 0.25) is 5.91 Å². The Balaban J connectivity index is 1.20. The summed E-state index contributed by atoms with van der Waals surface area (Å²) in [6.07, 6.45) is 3.17. The van der Waals surface area contributed by atoms with Gasteiger partial charge in [0, 0.05) is 37.9 Å². The average Bonchev–Trinajstić information content (AvgIpc) is 2.75. The lowest BCUT2D eigenvalue weighted by atomic mass is 9.52. The van der Waals surface area contributed by atoms with Crippen LogP contribution in [0.1, 0.15) is 46.0 Å². The summed E-state index contributed by atoms with van der Waals surface area (Å²) in [4.78, 5) is 29.2. The van der Waals surface area contributed by atoms with Crippen molar-refractivity contribution in [2.75, 3.05) is 31.1 Å². The van der Waals surface area contributed by atoms with Crippen LogP contribution in [-0.2, 0) is 9.53 Å². The van der Waals surface area contributed by atoms with E-state index in [-0.39, 0.29) is 29.6 Å². The number of carboxylic acid groups (broad SMARTS) is 1. The van der Waals surface area contributed by atoms with Crippen molar-refractivity contribution >= 4 is 17.7 Å². The van der Waals surface area contributed by atoms with E-state index >= 15 is 0 Å². The summed E-state index contributed by atoms with van der Waals surface area (Å²) in [5, 5.41) is 12.6. The molecule has 180 valence electrons. The molecule has 1 aliphatic heterocycles. The fourth-order valence-corrected chi connectivity index (χ4v) is 7.14. The van der Waals surface area contributed by atoms with Gasteiger partial charge in [0.15, 0.2) is 0 Å². The highest BCUT2D eigenvalue weighted by Crippen LogP contribution is 2.57. The Bertz CT molecular complexity index is 897. The van der Waals surface area contributed by atoms with Crippen molar-refractivity contribution in [3.63, 3.8) is 0 Å². The van der Waals surface area contributed by atoms with Crippen LogP contribution in [0.4, 0.5) is 14.9 Å². The van der Waals surface area contributed by atoms with E-state index in [0.717, 1.165) is 51.1 Å². The smallest absolute Gasteiger partial charge is 0.450 e. The lowest BCUT2D eigenvalue weighted by molar-refractivity contribution is -0.157. The van der Waals surface area contributed by atoms with Crippen LogP contribution in [0.5, 0.6) is 0 Å². The molecule has 5 fully saturated rings. The Morgan fingerprint density at radius 3 is 2.24 bits per heavy atom. The fraction of sp³-hybridized carbons (Fsp3) is 0.680. The van der Waals surface area contributed by atoms with E-state index in [2.05, 4.69) is 15.1 Å². The van der Waals surface area contributed by atoms with Gasteiger partial charge >= 0.3 is 6.16 Å². The zero-order valence-corrected chi connectivity index (χ0v) is 19.4. The molecule has 1 amide bonds. The zero-order chi connectivity index (χ0) is 23.4. The number of benzene rings is 1. The Hall–Kier alpha value is -2.35. The largest absolute Gasteiger partial charge is 0.506 e. The van der Waals surface area contributed by atoms with Gasteiger partial charge in [-0.25, -0.2) is 9.18 Å². The number of nitrogens with one attached hydrogen (secondary N) is 1. The van der Waals surface area contributed by atoms with Gasteiger partial charge in [-0.1, -0.05) is 0 Å². The summed E-state index contributed by atoms with van der Waals surface area (Å²) >= 11 is 0. The van der Waals surface area contributed by atoms with Gasteiger partial charge in [-0.15, -0.1) is 0 Å². The summed E-state index contributed by atoms with van der Waals surface area (Å²) < 4.78 is 18.6. The number of carbonyl (C=O) groups excluding carboxylic acids is 1. The van der Waals surface area contributed by atoms with Crippen LogP contribution < -0.4 is 10.2 Å². The molecule has 4 saturated carbocycles. The number of ether oxygens (including phenoxy) is 1. The normalized spacial score (nSPS) is 33.7. The summed E-state index contributed by atoms with van der Waals surface area (Å²) in [6.45, 7) is 7.06. The topological polar surface area (TPSA) is 82.1 Å². The van der Waals surface area contributed by atoms with Crippen LogP contribution in [0.25, 0.3) is 0 Å². The van der Waals surface area contributed by atoms with Gasteiger partial charge in [0.05, 0.1) is 5.54 Å². The lowest BCUT2D eigenvalue weighted by Crippen LogP contribution is -2.66. The van der Waals surface area contributed by atoms with Crippen molar-refractivity contribution in [2.24, 2.45) is 17.8 Å². The minimum Gasteiger partial charge on any atom is -0.450 e. The molecule has 1 heterocycles. The van der Waals surface area contributed by atoms with Crippen molar-refractivity contribution in [2.45, 2.75) is 63.1 Å². The Labute approximate surface area is 194 Å². The first-order valence-corrected chi connectivity index (χ1v) is 12.1. The number of halogens is 1. The average molecular weight is 460 g/mol. The highest BCUT2D eigenvalue weighted by molar-refractivity contribution is 5.85. The third-order valence-corrected chi connectivity index (χ3v) is 8.64. The van der Waals surface area contributed by atoms with E-state index in [0.29, 0.717) is 18.8 Å². The molecule has 1 saturated heterocycles.